The van der Waals surface area contributed by atoms with Crippen molar-refractivity contribution in [2.24, 2.45) is 0 Å². The number of carbonyl (C=O) groups excluding carboxylic acids is 1. The summed E-state index contributed by atoms with van der Waals surface area (Å²) in [5.41, 5.74) is 5.27. The lowest BCUT2D eigenvalue weighted by molar-refractivity contribution is -0.118. The van der Waals surface area contributed by atoms with E-state index in [0.29, 0.717) is 6.61 Å². The molecule has 138 valence electrons. The summed E-state index contributed by atoms with van der Waals surface area (Å²) in [4.78, 5) is 12.5. The van der Waals surface area contributed by atoms with Crippen molar-refractivity contribution in [2.75, 3.05) is 6.61 Å². The number of amides is 1. The smallest absolute Gasteiger partial charge is 0.244 e. The van der Waals surface area contributed by atoms with Gasteiger partial charge in [-0.05, 0) is 42.7 Å². The zero-order valence-electron chi connectivity index (χ0n) is 15.5. The van der Waals surface area contributed by atoms with Gasteiger partial charge in [0.15, 0.2) is 0 Å². The Labute approximate surface area is 158 Å². The number of fused-ring (bicyclic) bond motifs is 2. The number of hydrogen-bond donors (Lipinski definition) is 2. The monoisotopic (exact) mass is 361 g/mol. The van der Waals surface area contributed by atoms with E-state index in [2.05, 4.69) is 27.6 Å². The fourth-order valence-electron chi connectivity index (χ4n) is 3.74. The molecule has 5 nitrogen and oxygen atoms in total. The summed E-state index contributed by atoms with van der Waals surface area (Å²) in [5, 5.41) is 11.4. The SMILES string of the molecule is CCO[C@H]1Cc2ccccc2[C@@H]1NC(=O)/C=C/c1ccc2c(C)[nH]nc2c1. The fraction of sp³-hybridized carbons (Fsp3) is 0.273. The second kappa shape index (κ2) is 7.37. The third kappa shape index (κ3) is 3.51. The Bertz CT molecular complexity index is 1010. The second-order valence-electron chi connectivity index (χ2n) is 6.84. The minimum Gasteiger partial charge on any atom is -0.376 e. The molecule has 0 fully saturated rings. The summed E-state index contributed by atoms with van der Waals surface area (Å²) in [5.74, 6) is -0.125. The highest BCUT2D eigenvalue weighted by molar-refractivity contribution is 5.93. The van der Waals surface area contributed by atoms with Gasteiger partial charge in [0.05, 0.1) is 17.7 Å². The van der Waals surface area contributed by atoms with Gasteiger partial charge in [0, 0.05) is 30.2 Å². The average Bonchev–Trinajstić information content (AvgIpc) is 3.21. The van der Waals surface area contributed by atoms with E-state index in [1.807, 2.05) is 50.3 Å². The summed E-state index contributed by atoms with van der Waals surface area (Å²) >= 11 is 0. The van der Waals surface area contributed by atoms with E-state index < -0.39 is 0 Å². The van der Waals surface area contributed by atoms with Gasteiger partial charge in [0.2, 0.25) is 5.91 Å². The van der Waals surface area contributed by atoms with Crippen molar-refractivity contribution in [1.82, 2.24) is 15.5 Å². The van der Waals surface area contributed by atoms with Crippen molar-refractivity contribution in [3.63, 3.8) is 0 Å². The zero-order chi connectivity index (χ0) is 18.8. The van der Waals surface area contributed by atoms with Crippen LogP contribution in [0.4, 0.5) is 0 Å². The molecule has 0 unspecified atom stereocenters. The maximum absolute atomic E-state index is 12.5. The van der Waals surface area contributed by atoms with Gasteiger partial charge in [-0.1, -0.05) is 36.4 Å². The molecular formula is C22H23N3O2. The Morgan fingerprint density at radius 1 is 1.33 bits per heavy atom. The molecule has 2 N–H and O–H groups in total. The van der Waals surface area contributed by atoms with Crippen LogP contribution in [0, 0.1) is 6.92 Å². The Morgan fingerprint density at radius 2 is 2.19 bits per heavy atom. The van der Waals surface area contributed by atoms with E-state index >= 15 is 0 Å². The van der Waals surface area contributed by atoms with E-state index in [1.54, 1.807) is 6.08 Å². The van der Waals surface area contributed by atoms with Crippen LogP contribution in [0.15, 0.2) is 48.5 Å². The molecule has 0 radical (unpaired) electrons. The number of hydrogen-bond acceptors (Lipinski definition) is 3. The third-order valence-corrected chi connectivity index (χ3v) is 5.06. The molecule has 4 rings (SSSR count). The number of rotatable bonds is 5. The lowest BCUT2D eigenvalue weighted by Crippen LogP contribution is -2.34. The zero-order valence-corrected chi connectivity index (χ0v) is 15.5. The number of carbonyl (C=O) groups is 1. The van der Waals surface area contributed by atoms with Crippen LogP contribution in [0.2, 0.25) is 0 Å². The first kappa shape index (κ1) is 17.5. The second-order valence-corrected chi connectivity index (χ2v) is 6.84. The predicted molar refractivity (Wildman–Crippen MR) is 106 cm³/mol. The standard InChI is InChI=1S/C22H23N3O2/c1-3-27-20-13-16-6-4-5-7-18(16)22(20)23-21(26)11-9-15-8-10-17-14(2)24-25-19(17)12-15/h4-12,20,22H,3,13H2,1-2H3,(H,23,26)(H,24,25)/b11-9+/t20-,22-/m0/s1. The lowest BCUT2D eigenvalue weighted by Gasteiger charge is -2.21. The summed E-state index contributed by atoms with van der Waals surface area (Å²) in [7, 11) is 0. The van der Waals surface area contributed by atoms with E-state index in [9.17, 15) is 4.79 Å². The number of aromatic amines is 1. The maximum atomic E-state index is 12.5. The van der Waals surface area contributed by atoms with E-state index in [0.717, 1.165) is 34.1 Å². The Kier molecular flexibility index (Phi) is 4.77. The van der Waals surface area contributed by atoms with Gasteiger partial charge in [-0.25, -0.2) is 0 Å². The molecule has 1 aliphatic rings. The molecule has 0 saturated carbocycles. The molecule has 1 aliphatic carbocycles. The normalized spacial score (nSPS) is 18.9. The number of benzene rings is 2. The van der Waals surface area contributed by atoms with Crippen molar-refractivity contribution < 1.29 is 9.53 Å². The largest absolute Gasteiger partial charge is 0.376 e. The van der Waals surface area contributed by atoms with Crippen LogP contribution in [0.3, 0.4) is 0 Å². The summed E-state index contributed by atoms with van der Waals surface area (Å²) in [6.45, 7) is 4.60. The molecule has 0 spiro atoms. The first-order valence-electron chi connectivity index (χ1n) is 9.28. The molecule has 0 aliphatic heterocycles. The lowest BCUT2D eigenvalue weighted by atomic mass is 10.1. The van der Waals surface area contributed by atoms with Gasteiger partial charge in [0.1, 0.15) is 0 Å². The number of H-pyrrole nitrogens is 1. The molecule has 5 heteroatoms. The van der Waals surface area contributed by atoms with Crippen LogP contribution in [0.1, 0.15) is 35.3 Å². The molecule has 1 heterocycles. The summed E-state index contributed by atoms with van der Waals surface area (Å²) < 4.78 is 5.86. The first-order valence-corrected chi connectivity index (χ1v) is 9.28. The van der Waals surface area contributed by atoms with Gasteiger partial charge in [-0.2, -0.15) is 5.10 Å². The number of aryl methyl sites for hydroxylation is 1. The van der Waals surface area contributed by atoms with Gasteiger partial charge in [-0.15, -0.1) is 0 Å². The highest BCUT2D eigenvalue weighted by Gasteiger charge is 2.33. The van der Waals surface area contributed by atoms with Crippen molar-refractivity contribution in [3.8, 4) is 0 Å². The molecule has 2 aromatic carbocycles. The molecular weight excluding hydrogens is 338 g/mol. The van der Waals surface area contributed by atoms with Crippen LogP contribution in [0.5, 0.6) is 0 Å². The third-order valence-electron chi connectivity index (χ3n) is 5.06. The van der Waals surface area contributed by atoms with Crippen LogP contribution in [-0.4, -0.2) is 28.8 Å². The number of aromatic nitrogens is 2. The van der Waals surface area contributed by atoms with Gasteiger partial charge in [0.25, 0.3) is 0 Å². The predicted octanol–water partition coefficient (Wildman–Crippen LogP) is 3.70. The molecule has 27 heavy (non-hydrogen) atoms. The molecule has 1 aromatic heterocycles. The fourth-order valence-corrected chi connectivity index (χ4v) is 3.74. The molecule has 3 aromatic rings. The van der Waals surface area contributed by atoms with Gasteiger partial charge < -0.3 is 10.1 Å². The van der Waals surface area contributed by atoms with Crippen LogP contribution in [0.25, 0.3) is 17.0 Å². The van der Waals surface area contributed by atoms with Crippen molar-refractivity contribution in [1.29, 1.82) is 0 Å². The Morgan fingerprint density at radius 3 is 3.04 bits per heavy atom. The Balaban J connectivity index is 1.49. The van der Waals surface area contributed by atoms with Crippen LogP contribution in [-0.2, 0) is 16.0 Å². The van der Waals surface area contributed by atoms with Crippen molar-refractivity contribution in [3.05, 3.63) is 70.9 Å². The van der Waals surface area contributed by atoms with E-state index in [4.69, 9.17) is 4.74 Å². The Hall–Kier alpha value is -2.92. The minimum absolute atomic E-state index is 0.0202. The first-order chi connectivity index (χ1) is 13.2. The van der Waals surface area contributed by atoms with Crippen molar-refractivity contribution in [2.45, 2.75) is 32.4 Å². The topological polar surface area (TPSA) is 67.0 Å². The number of ether oxygens (including phenoxy) is 1. The quantitative estimate of drug-likeness (QED) is 0.681. The van der Waals surface area contributed by atoms with Gasteiger partial charge in [-0.3, -0.25) is 9.89 Å². The maximum Gasteiger partial charge on any atom is 0.244 e. The highest BCUT2D eigenvalue weighted by Crippen LogP contribution is 2.33. The van der Waals surface area contributed by atoms with E-state index in [1.165, 1.54) is 5.56 Å². The van der Waals surface area contributed by atoms with Crippen LogP contribution < -0.4 is 5.32 Å². The van der Waals surface area contributed by atoms with Crippen molar-refractivity contribution >= 4 is 22.9 Å². The average molecular weight is 361 g/mol. The van der Waals surface area contributed by atoms with Crippen LogP contribution >= 0.6 is 0 Å². The summed E-state index contributed by atoms with van der Waals surface area (Å²) in [6.07, 6.45) is 4.20. The molecule has 2 atom stereocenters. The van der Waals surface area contributed by atoms with Gasteiger partial charge >= 0.3 is 0 Å². The molecule has 1 amide bonds. The van der Waals surface area contributed by atoms with E-state index in [-0.39, 0.29) is 18.1 Å². The highest BCUT2D eigenvalue weighted by atomic mass is 16.5. The molecule has 0 saturated heterocycles. The molecule has 0 bridgehead atoms. The number of nitrogens with one attached hydrogen (secondary N) is 2. The number of nitrogens with zero attached hydrogens (tertiary/aromatic N) is 1. The summed E-state index contributed by atoms with van der Waals surface area (Å²) in [6, 6.07) is 14.1. The minimum atomic E-state index is -0.125.